The summed E-state index contributed by atoms with van der Waals surface area (Å²) in [5, 5.41) is 14.8. The molecule has 5 heteroatoms. The van der Waals surface area contributed by atoms with Crippen molar-refractivity contribution in [3.8, 4) is 6.07 Å². The summed E-state index contributed by atoms with van der Waals surface area (Å²) in [4.78, 5) is 11.9. The third-order valence-electron chi connectivity index (χ3n) is 3.65. The highest BCUT2D eigenvalue weighted by Crippen LogP contribution is 2.39. The summed E-state index contributed by atoms with van der Waals surface area (Å²) in [6, 6.07) is 6.89. The molecule has 1 aliphatic rings. The van der Waals surface area contributed by atoms with Crippen LogP contribution in [0.25, 0.3) is 0 Å². The molecule has 0 aliphatic heterocycles. The molecule has 1 saturated carbocycles. The van der Waals surface area contributed by atoms with Crippen LogP contribution >= 0.6 is 0 Å². The molecule has 1 aromatic carbocycles. The van der Waals surface area contributed by atoms with Gasteiger partial charge in [0.25, 0.3) is 0 Å². The number of anilines is 1. The van der Waals surface area contributed by atoms with Crippen LogP contribution in [-0.4, -0.2) is 18.0 Å². The van der Waals surface area contributed by atoms with E-state index in [9.17, 15) is 9.18 Å². The maximum Gasteiger partial charge on any atom is 0.240 e. The number of carbonyl (C=O) groups is 1. The topological polar surface area (TPSA) is 64.9 Å². The van der Waals surface area contributed by atoms with Gasteiger partial charge in [-0.3, -0.25) is 4.79 Å². The first kappa shape index (κ1) is 14.3. The van der Waals surface area contributed by atoms with Gasteiger partial charge in [0.05, 0.1) is 12.6 Å². The lowest BCUT2D eigenvalue weighted by Crippen LogP contribution is -2.48. The molecule has 1 aromatic rings. The molecule has 0 heterocycles. The first-order valence-corrected chi connectivity index (χ1v) is 6.67. The minimum absolute atomic E-state index is 0.0203. The normalized spacial score (nSPS) is 16.9. The monoisotopic (exact) mass is 275 g/mol. The van der Waals surface area contributed by atoms with Gasteiger partial charge in [0.1, 0.15) is 11.4 Å². The number of carbonyl (C=O) groups excluding carboxylic acids is 1. The maximum atomic E-state index is 13.4. The molecule has 2 N–H and O–H groups in total. The van der Waals surface area contributed by atoms with Gasteiger partial charge in [-0.25, -0.2) is 4.39 Å². The van der Waals surface area contributed by atoms with Crippen LogP contribution in [-0.2, 0) is 4.79 Å². The zero-order chi connectivity index (χ0) is 14.8. The molecule has 4 nitrogen and oxygen atoms in total. The minimum Gasteiger partial charge on any atom is -0.376 e. The summed E-state index contributed by atoms with van der Waals surface area (Å²) in [5.74, 6) is -0.328. The fourth-order valence-electron chi connectivity index (χ4n) is 2.10. The molecule has 0 radical (unpaired) electrons. The lowest BCUT2D eigenvalue weighted by molar-refractivity contribution is -0.120. The molecule has 1 atom stereocenters. The van der Waals surface area contributed by atoms with Gasteiger partial charge in [0, 0.05) is 5.69 Å². The number of halogens is 1. The van der Waals surface area contributed by atoms with E-state index in [-0.39, 0.29) is 24.2 Å². The Morgan fingerprint density at radius 1 is 1.55 bits per heavy atom. The summed E-state index contributed by atoms with van der Waals surface area (Å²) in [6.45, 7) is 3.44. The molecule has 1 aliphatic carbocycles. The smallest absolute Gasteiger partial charge is 0.240 e. The van der Waals surface area contributed by atoms with Gasteiger partial charge in [-0.2, -0.15) is 5.26 Å². The van der Waals surface area contributed by atoms with E-state index < -0.39 is 5.54 Å². The molecule has 0 aromatic heterocycles. The highest BCUT2D eigenvalue weighted by Gasteiger charge is 2.42. The first-order valence-electron chi connectivity index (χ1n) is 6.67. The number of nitrogens with zero attached hydrogens (tertiary/aromatic N) is 1. The van der Waals surface area contributed by atoms with Crippen LogP contribution in [0.5, 0.6) is 0 Å². The van der Waals surface area contributed by atoms with Crippen LogP contribution in [0.3, 0.4) is 0 Å². The summed E-state index contributed by atoms with van der Waals surface area (Å²) < 4.78 is 13.4. The molecular formula is C15H18FN3O. The van der Waals surface area contributed by atoms with Crippen molar-refractivity contribution in [1.82, 2.24) is 5.32 Å². The summed E-state index contributed by atoms with van der Waals surface area (Å²) in [7, 11) is 0. The lowest BCUT2D eigenvalue weighted by Gasteiger charge is -2.23. The number of hydrogen-bond donors (Lipinski definition) is 2. The van der Waals surface area contributed by atoms with Crippen LogP contribution < -0.4 is 10.6 Å². The van der Waals surface area contributed by atoms with E-state index in [1.165, 1.54) is 6.07 Å². The molecule has 0 unspecified atom stereocenters. The predicted octanol–water partition coefficient (Wildman–Crippen LogP) is 2.35. The van der Waals surface area contributed by atoms with Crippen LogP contribution in [0.2, 0.25) is 0 Å². The van der Waals surface area contributed by atoms with Crippen LogP contribution in [0.4, 0.5) is 10.1 Å². The molecule has 2 rings (SSSR count). The van der Waals surface area contributed by atoms with E-state index in [2.05, 4.69) is 16.7 Å². The van der Waals surface area contributed by atoms with Crippen molar-refractivity contribution in [2.24, 2.45) is 5.92 Å². The standard InChI is InChI=1S/C15H18FN3O/c1-10-3-6-12(7-13(10)16)18-8-14(20)19-15(2,9-17)11-4-5-11/h3,6-7,11,18H,4-5,8H2,1-2H3,(H,19,20)/t15-/m0/s1. The Hall–Kier alpha value is -2.09. The fraction of sp³-hybridized carbons (Fsp3) is 0.467. The van der Waals surface area contributed by atoms with Crippen LogP contribution in [0.15, 0.2) is 18.2 Å². The van der Waals surface area contributed by atoms with Crippen LogP contribution in [0, 0.1) is 30.0 Å². The Morgan fingerprint density at radius 3 is 2.80 bits per heavy atom. The second-order valence-electron chi connectivity index (χ2n) is 5.45. The highest BCUT2D eigenvalue weighted by molar-refractivity contribution is 5.81. The van der Waals surface area contributed by atoms with E-state index in [0.717, 1.165) is 12.8 Å². The summed E-state index contributed by atoms with van der Waals surface area (Å²) in [6.07, 6.45) is 1.95. The average molecular weight is 275 g/mol. The zero-order valence-corrected chi connectivity index (χ0v) is 11.7. The van der Waals surface area contributed by atoms with Gasteiger partial charge in [-0.05, 0) is 50.3 Å². The third-order valence-corrected chi connectivity index (χ3v) is 3.65. The minimum atomic E-state index is -0.794. The predicted molar refractivity (Wildman–Crippen MR) is 74.5 cm³/mol. The van der Waals surface area contributed by atoms with Crippen molar-refractivity contribution >= 4 is 11.6 Å². The Balaban J connectivity index is 1.89. The number of hydrogen-bond acceptors (Lipinski definition) is 3. The highest BCUT2D eigenvalue weighted by atomic mass is 19.1. The van der Waals surface area contributed by atoms with Gasteiger partial charge in [0.2, 0.25) is 5.91 Å². The molecular weight excluding hydrogens is 257 g/mol. The number of nitriles is 1. The second-order valence-corrected chi connectivity index (χ2v) is 5.45. The van der Waals surface area contributed by atoms with Crippen molar-refractivity contribution in [1.29, 1.82) is 5.26 Å². The fourth-order valence-corrected chi connectivity index (χ4v) is 2.10. The molecule has 106 valence electrons. The number of nitrogens with one attached hydrogen (secondary N) is 2. The average Bonchev–Trinajstić information content (AvgIpc) is 3.25. The van der Waals surface area contributed by atoms with Gasteiger partial charge < -0.3 is 10.6 Å². The second kappa shape index (κ2) is 5.49. The Morgan fingerprint density at radius 2 is 2.25 bits per heavy atom. The lowest BCUT2D eigenvalue weighted by atomic mass is 9.98. The van der Waals surface area contributed by atoms with Crippen molar-refractivity contribution in [3.63, 3.8) is 0 Å². The van der Waals surface area contributed by atoms with Gasteiger partial charge in [0.15, 0.2) is 0 Å². The summed E-state index contributed by atoms with van der Waals surface area (Å²) >= 11 is 0. The molecule has 1 amide bonds. The molecule has 0 bridgehead atoms. The van der Waals surface area contributed by atoms with E-state index in [1.54, 1.807) is 26.0 Å². The zero-order valence-electron chi connectivity index (χ0n) is 11.7. The van der Waals surface area contributed by atoms with E-state index in [0.29, 0.717) is 11.3 Å². The SMILES string of the molecule is Cc1ccc(NCC(=O)N[C@@](C)(C#N)C2CC2)cc1F. The third kappa shape index (κ3) is 3.27. The Bertz CT molecular complexity index is 563. The summed E-state index contributed by atoms with van der Waals surface area (Å²) in [5.41, 5.74) is 0.316. The first-order chi connectivity index (χ1) is 9.44. The number of benzene rings is 1. The molecule has 0 saturated heterocycles. The van der Waals surface area contributed by atoms with Gasteiger partial charge in [-0.1, -0.05) is 6.07 Å². The van der Waals surface area contributed by atoms with Gasteiger partial charge in [-0.15, -0.1) is 0 Å². The van der Waals surface area contributed by atoms with Crippen LogP contribution in [0.1, 0.15) is 25.3 Å². The van der Waals surface area contributed by atoms with E-state index >= 15 is 0 Å². The molecule has 0 spiro atoms. The van der Waals surface area contributed by atoms with Crippen molar-refractivity contribution in [2.45, 2.75) is 32.2 Å². The number of amides is 1. The Labute approximate surface area is 118 Å². The maximum absolute atomic E-state index is 13.4. The van der Waals surface area contributed by atoms with E-state index in [4.69, 9.17) is 5.26 Å². The Kier molecular flexibility index (Phi) is 3.93. The molecule has 20 heavy (non-hydrogen) atoms. The van der Waals surface area contributed by atoms with E-state index in [1.807, 2.05) is 0 Å². The quantitative estimate of drug-likeness (QED) is 0.867. The largest absolute Gasteiger partial charge is 0.376 e. The van der Waals surface area contributed by atoms with Gasteiger partial charge >= 0.3 is 0 Å². The van der Waals surface area contributed by atoms with Crippen molar-refractivity contribution < 1.29 is 9.18 Å². The molecule has 1 fully saturated rings. The van der Waals surface area contributed by atoms with Crippen molar-refractivity contribution in [2.75, 3.05) is 11.9 Å². The van der Waals surface area contributed by atoms with Crippen molar-refractivity contribution in [3.05, 3.63) is 29.6 Å². The number of rotatable bonds is 5. The number of aryl methyl sites for hydroxylation is 1.